The van der Waals surface area contributed by atoms with Crippen molar-refractivity contribution in [3.8, 4) is 0 Å². The first kappa shape index (κ1) is 7.27. The summed E-state index contributed by atoms with van der Waals surface area (Å²) >= 11 is 0. The van der Waals surface area contributed by atoms with Crippen LogP contribution in [0, 0.1) is 11.4 Å². The molecule has 3 heteroatoms. The Balaban J connectivity index is 3.62. The van der Waals surface area contributed by atoms with Gasteiger partial charge in [-0.3, -0.25) is 4.79 Å². The molecule has 1 atom stereocenters. The number of carbonyl (C=O) groups is 1. The van der Waals surface area contributed by atoms with Gasteiger partial charge in [0.05, 0.1) is 0 Å². The Morgan fingerprint density at radius 3 is 2.50 bits per heavy atom. The van der Waals surface area contributed by atoms with Gasteiger partial charge in [0.25, 0.3) is 5.91 Å². The monoisotopic (exact) mass is 114 g/mol. The zero-order valence-corrected chi connectivity index (χ0v) is 5.14. The summed E-state index contributed by atoms with van der Waals surface area (Å²) < 4.78 is 0. The third-order valence-corrected chi connectivity index (χ3v) is 1.14. The molecule has 0 spiro atoms. The summed E-state index contributed by atoms with van der Waals surface area (Å²) in [7, 11) is 0. The summed E-state index contributed by atoms with van der Waals surface area (Å²) in [5, 5.41) is 2.77. The first-order valence-corrected chi connectivity index (χ1v) is 2.63. The minimum Gasteiger partial charge on any atom is -0.271 e. The second-order valence-corrected chi connectivity index (χ2v) is 1.76. The molecule has 0 saturated carbocycles. The van der Waals surface area contributed by atoms with Gasteiger partial charge < -0.3 is 0 Å². The fourth-order valence-electron chi connectivity index (χ4n) is 0.285. The van der Waals surface area contributed by atoms with E-state index in [9.17, 15) is 4.79 Å². The van der Waals surface area contributed by atoms with Gasteiger partial charge in [-0.1, -0.05) is 13.8 Å². The number of hydrogen-bond acceptors (Lipinski definition) is 2. The van der Waals surface area contributed by atoms with E-state index >= 15 is 0 Å². The Bertz CT molecular complexity index is 101. The molecule has 0 heterocycles. The third-order valence-electron chi connectivity index (χ3n) is 1.14. The standard InChI is InChI=1S/C5H10N2O/c1-3-4(2)5(8)7-6/h4,6H,3H2,1-2H3. The van der Waals surface area contributed by atoms with E-state index in [1.807, 2.05) is 6.92 Å². The van der Waals surface area contributed by atoms with Gasteiger partial charge in [-0.05, 0) is 6.42 Å². The summed E-state index contributed by atoms with van der Waals surface area (Å²) in [4.78, 5) is 10.4. The van der Waals surface area contributed by atoms with Gasteiger partial charge in [-0.15, -0.1) is 5.11 Å². The van der Waals surface area contributed by atoms with Crippen LogP contribution in [0.5, 0.6) is 0 Å². The molecule has 1 unspecified atom stereocenters. The van der Waals surface area contributed by atoms with E-state index in [1.165, 1.54) is 0 Å². The molecule has 8 heavy (non-hydrogen) atoms. The minimum atomic E-state index is -0.326. The maximum absolute atomic E-state index is 10.4. The van der Waals surface area contributed by atoms with E-state index in [-0.39, 0.29) is 11.8 Å². The molecule has 1 N–H and O–H groups in total. The fraction of sp³-hybridized carbons (Fsp3) is 0.800. The fourth-order valence-corrected chi connectivity index (χ4v) is 0.285. The van der Waals surface area contributed by atoms with Gasteiger partial charge >= 0.3 is 0 Å². The van der Waals surface area contributed by atoms with E-state index in [2.05, 4.69) is 5.11 Å². The van der Waals surface area contributed by atoms with Gasteiger partial charge in [-0.25, -0.2) is 5.53 Å². The largest absolute Gasteiger partial charge is 0.271 e. The number of rotatable bonds is 2. The van der Waals surface area contributed by atoms with Crippen molar-refractivity contribution in [3.05, 3.63) is 0 Å². The zero-order chi connectivity index (χ0) is 6.57. The number of amides is 1. The van der Waals surface area contributed by atoms with Crippen LogP contribution in [-0.4, -0.2) is 5.91 Å². The molecule has 0 aromatic rings. The lowest BCUT2D eigenvalue weighted by molar-refractivity contribution is -0.121. The van der Waals surface area contributed by atoms with Crippen LogP contribution in [0.15, 0.2) is 5.11 Å². The normalized spacial score (nSPS) is 12.8. The molecule has 0 radical (unpaired) electrons. The lowest BCUT2D eigenvalue weighted by Crippen LogP contribution is -2.04. The third kappa shape index (κ3) is 1.82. The van der Waals surface area contributed by atoms with Crippen LogP contribution in [0.4, 0.5) is 0 Å². The van der Waals surface area contributed by atoms with Crippen LogP contribution in [0.2, 0.25) is 0 Å². The second-order valence-electron chi connectivity index (χ2n) is 1.76. The number of nitrogens with one attached hydrogen (secondary N) is 1. The molecule has 0 aliphatic heterocycles. The van der Waals surface area contributed by atoms with Crippen LogP contribution in [-0.2, 0) is 4.79 Å². The van der Waals surface area contributed by atoms with Gasteiger partial charge in [-0.2, -0.15) is 0 Å². The molecule has 0 bridgehead atoms. The molecule has 0 aliphatic carbocycles. The molecule has 0 aromatic carbocycles. The van der Waals surface area contributed by atoms with Crippen molar-refractivity contribution in [2.24, 2.45) is 11.0 Å². The highest BCUT2D eigenvalue weighted by Crippen LogP contribution is 2.01. The van der Waals surface area contributed by atoms with Gasteiger partial charge in [0.15, 0.2) is 0 Å². The van der Waals surface area contributed by atoms with Gasteiger partial charge in [0.1, 0.15) is 0 Å². The quantitative estimate of drug-likeness (QED) is 0.544. The number of hydrogen-bond donors (Lipinski definition) is 1. The predicted molar refractivity (Wildman–Crippen MR) is 29.6 cm³/mol. The summed E-state index contributed by atoms with van der Waals surface area (Å²) in [5.74, 6) is -0.403. The molecule has 0 aromatic heterocycles. The Labute approximate surface area is 48.6 Å². The second kappa shape index (κ2) is 3.29. The molecular formula is C5H10N2O. The summed E-state index contributed by atoms with van der Waals surface area (Å²) in [6, 6.07) is 0. The summed E-state index contributed by atoms with van der Waals surface area (Å²) in [6.45, 7) is 3.66. The highest BCUT2D eigenvalue weighted by atomic mass is 16.1. The zero-order valence-electron chi connectivity index (χ0n) is 5.14. The van der Waals surface area contributed by atoms with E-state index in [0.29, 0.717) is 0 Å². The maximum atomic E-state index is 10.4. The van der Waals surface area contributed by atoms with Crippen molar-refractivity contribution in [2.45, 2.75) is 20.3 Å². The lowest BCUT2D eigenvalue weighted by Gasteiger charge is -1.97. The van der Waals surface area contributed by atoms with Crippen molar-refractivity contribution in [2.75, 3.05) is 0 Å². The maximum Gasteiger partial charge on any atom is 0.266 e. The Kier molecular flexibility index (Phi) is 2.99. The van der Waals surface area contributed by atoms with Crippen LogP contribution in [0.3, 0.4) is 0 Å². The summed E-state index contributed by atoms with van der Waals surface area (Å²) in [5.41, 5.74) is 6.32. The molecule has 1 amide bonds. The Morgan fingerprint density at radius 2 is 2.38 bits per heavy atom. The molecule has 0 rings (SSSR count). The minimum absolute atomic E-state index is 0.0764. The Morgan fingerprint density at radius 1 is 1.88 bits per heavy atom. The lowest BCUT2D eigenvalue weighted by atomic mass is 10.1. The van der Waals surface area contributed by atoms with Crippen molar-refractivity contribution >= 4 is 5.91 Å². The van der Waals surface area contributed by atoms with E-state index in [1.54, 1.807) is 6.92 Å². The average Bonchev–Trinajstić information content (AvgIpc) is 1.84. The number of nitrogens with zero attached hydrogens (tertiary/aromatic N) is 1. The Hall–Kier alpha value is -0.730. The predicted octanol–water partition coefficient (Wildman–Crippen LogP) is 1.59. The van der Waals surface area contributed by atoms with Crippen molar-refractivity contribution in [3.63, 3.8) is 0 Å². The molecule has 3 nitrogen and oxygen atoms in total. The SMILES string of the molecule is CCC(C)C(=O)N=N. The van der Waals surface area contributed by atoms with E-state index < -0.39 is 0 Å². The van der Waals surface area contributed by atoms with Crippen molar-refractivity contribution < 1.29 is 4.79 Å². The topological polar surface area (TPSA) is 53.3 Å². The van der Waals surface area contributed by atoms with Crippen molar-refractivity contribution in [1.82, 2.24) is 0 Å². The molecule has 46 valence electrons. The van der Waals surface area contributed by atoms with Crippen LogP contribution in [0.1, 0.15) is 20.3 Å². The number of carbonyl (C=O) groups excluding carboxylic acids is 1. The molecule has 0 aliphatic rings. The van der Waals surface area contributed by atoms with Gasteiger partial charge in [0.2, 0.25) is 0 Å². The highest BCUT2D eigenvalue weighted by molar-refractivity contribution is 5.78. The average molecular weight is 114 g/mol. The first-order chi connectivity index (χ1) is 3.72. The van der Waals surface area contributed by atoms with Crippen LogP contribution >= 0.6 is 0 Å². The van der Waals surface area contributed by atoms with Gasteiger partial charge in [0, 0.05) is 5.92 Å². The van der Waals surface area contributed by atoms with Crippen LogP contribution in [0.25, 0.3) is 0 Å². The molecule has 0 saturated heterocycles. The molecular weight excluding hydrogens is 104 g/mol. The van der Waals surface area contributed by atoms with E-state index in [4.69, 9.17) is 5.53 Å². The molecule has 0 fully saturated rings. The smallest absolute Gasteiger partial charge is 0.266 e. The van der Waals surface area contributed by atoms with Crippen molar-refractivity contribution in [1.29, 1.82) is 5.53 Å². The van der Waals surface area contributed by atoms with E-state index in [0.717, 1.165) is 6.42 Å². The first-order valence-electron chi connectivity index (χ1n) is 2.63. The summed E-state index contributed by atoms with van der Waals surface area (Å²) in [6.07, 6.45) is 0.765. The highest BCUT2D eigenvalue weighted by Gasteiger charge is 2.06. The van der Waals surface area contributed by atoms with Crippen LogP contribution < -0.4 is 0 Å².